The van der Waals surface area contributed by atoms with Crippen molar-refractivity contribution in [2.24, 2.45) is 0 Å². The third kappa shape index (κ3) is 28.2. The van der Waals surface area contributed by atoms with E-state index in [1.165, 1.54) is 0 Å². The zero-order valence-corrected chi connectivity index (χ0v) is 8.21. The molecule has 0 saturated carbocycles. The van der Waals surface area contributed by atoms with Gasteiger partial charge in [-0.3, -0.25) is 0 Å². The van der Waals surface area contributed by atoms with Crippen molar-refractivity contribution in [3.05, 3.63) is 14.4 Å². The van der Waals surface area contributed by atoms with E-state index in [-0.39, 0.29) is 37.4 Å². The Morgan fingerprint density at radius 1 is 1.33 bits per heavy atom. The van der Waals surface area contributed by atoms with Crippen LogP contribution in [0, 0.1) is 14.4 Å². The topological polar surface area (TPSA) is 3.24 Å². The van der Waals surface area contributed by atoms with Gasteiger partial charge in [0.2, 0.25) is 0 Å². The zero-order valence-electron chi connectivity index (χ0n) is 6.33. The Hall–Kier alpha value is 0.804. The molecule has 1 nitrogen and oxygen atoms in total. The summed E-state index contributed by atoms with van der Waals surface area (Å²) in [5.74, 6) is 0. The van der Waals surface area contributed by atoms with E-state index in [2.05, 4.69) is 11.8 Å². The molecule has 0 aromatic rings. The van der Waals surface area contributed by atoms with Gasteiger partial charge in [0.1, 0.15) is 0 Å². The van der Waals surface area contributed by atoms with Crippen molar-refractivity contribution in [3.8, 4) is 0 Å². The maximum absolute atomic E-state index is 3.68. The zero-order chi connectivity index (χ0) is 4.99. The molecule has 0 N–H and O–H groups in total. The van der Waals surface area contributed by atoms with Crippen molar-refractivity contribution in [2.45, 2.75) is 6.42 Å². The molecule has 0 fully saturated rings. The number of nitrogens with zero attached hydrogens (tertiary/aromatic N) is 1. The molecule has 0 bridgehead atoms. The van der Waals surface area contributed by atoms with Gasteiger partial charge in [-0.1, -0.05) is 0 Å². The maximum Gasteiger partial charge on any atom is 0 e. The van der Waals surface area contributed by atoms with E-state index >= 15 is 0 Å². The minimum atomic E-state index is 0. The normalized spacial score (nSPS) is 6.67. The van der Waals surface area contributed by atoms with Gasteiger partial charge in [-0.25, -0.2) is 0 Å². The van der Waals surface area contributed by atoms with E-state index in [9.17, 15) is 0 Å². The van der Waals surface area contributed by atoms with Crippen LogP contribution in [0.2, 0.25) is 0 Å². The summed E-state index contributed by atoms with van der Waals surface area (Å²) in [6, 6.07) is 0. The van der Waals surface area contributed by atoms with Gasteiger partial charge < -0.3 is 32.7 Å². The molecule has 64 valence electrons. The summed E-state index contributed by atoms with van der Waals surface area (Å²) >= 11 is 0. The summed E-state index contributed by atoms with van der Waals surface area (Å²) in [6.07, 6.45) is 1.01. The molecule has 0 amide bonds. The first-order valence-electron chi connectivity index (χ1n) is 2.21. The predicted octanol–water partition coefficient (Wildman–Crippen LogP) is 0.950. The number of rotatable bonds is 2. The van der Waals surface area contributed by atoms with E-state index in [0.29, 0.717) is 0 Å². The van der Waals surface area contributed by atoms with Crippen LogP contribution in [0.5, 0.6) is 0 Å². The Morgan fingerprint density at radius 3 is 1.67 bits per heavy atom. The van der Waals surface area contributed by atoms with Crippen LogP contribution in [-0.2, 0) is 30.0 Å². The van der Waals surface area contributed by atoms with Crippen LogP contribution in [0.25, 0.3) is 0 Å². The maximum atomic E-state index is 3.68. The van der Waals surface area contributed by atoms with Crippen molar-refractivity contribution < 1.29 is 16.5 Å². The average Bonchev–Trinajstić information content (AvgIpc) is 1.35. The van der Waals surface area contributed by atoms with Gasteiger partial charge >= 0.3 is 0 Å². The van der Waals surface area contributed by atoms with Crippen LogP contribution >= 0.6 is 0 Å². The third-order valence-electron chi connectivity index (χ3n) is 0.605. The van der Waals surface area contributed by atoms with Gasteiger partial charge in [-0.15, -0.1) is 0 Å². The second kappa shape index (κ2) is 15.9. The van der Waals surface area contributed by atoms with Gasteiger partial charge in [-0.2, -0.15) is 6.42 Å². The summed E-state index contributed by atoms with van der Waals surface area (Å²) in [5.41, 5.74) is 0. The minimum absolute atomic E-state index is 0. The molecule has 0 aliphatic rings. The largest absolute Gasteiger partial charge is 0.813 e. The number of hydrogen-bond donors (Lipinski definition) is 0. The minimum Gasteiger partial charge on any atom is -0.813 e. The SMILES string of the molecule is [CH2-]CCN(C)C.[CH3-].[Ni].[SH-]. The van der Waals surface area contributed by atoms with Gasteiger partial charge in [0.15, 0.2) is 0 Å². The van der Waals surface area contributed by atoms with E-state index in [1.54, 1.807) is 0 Å². The van der Waals surface area contributed by atoms with Crippen molar-refractivity contribution in [3.63, 3.8) is 0 Å². The molecular weight excluding hydrogens is 177 g/mol. The van der Waals surface area contributed by atoms with Crippen molar-refractivity contribution in [1.29, 1.82) is 0 Å². The fraction of sp³-hybridized carbons (Fsp3) is 0.667. The Morgan fingerprint density at radius 2 is 1.67 bits per heavy atom. The summed E-state index contributed by atoms with van der Waals surface area (Å²) in [4.78, 5) is 2.12. The molecule has 0 spiro atoms. The quantitative estimate of drug-likeness (QED) is 0.278. The van der Waals surface area contributed by atoms with Crippen LogP contribution in [0.1, 0.15) is 6.42 Å². The number of hydrogen-bond acceptors (Lipinski definition) is 2. The molecule has 0 rings (SSSR count). The molecule has 0 radical (unpaired) electrons. The molecule has 0 heterocycles. The number of thiol groups is 1. The monoisotopic (exact) mass is 192 g/mol. The Bertz CT molecular complexity index is 34.2. The molecule has 0 atom stereocenters. The fourth-order valence-corrected chi connectivity index (χ4v) is 0.316. The Labute approximate surface area is 76.6 Å². The molecule has 9 heavy (non-hydrogen) atoms. The van der Waals surface area contributed by atoms with Crippen molar-refractivity contribution in [2.75, 3.05) is 20.6 Å². The third-order valence-corrected chi connectivity index (χ3v) is 0.605. The van der Waals surface area contributed by atoms with Crippen molar-refractivity contribution in [1.82, 2.24) is 4.90 Å². The molecule has 0 aliphatic carbocycles. The smallest absolute Gasteiger partial charge is 0 e. The Kier molecular flexibility index (Phi) is 39.9. The van der Waals surface area contributed by atoms with E-state index in [0.717, 1.165) is 13.0 Å². The van der Waals surface area contributed by atoms with Gasteiger partial charge in [0.05, 0.1) is 0 Å². The van der Waals surface area contributed by atoms with Crippen LogP contribution in [0.3, 0.4) is 0 Å². The van der Waals surface area contributed by atoms with E-state index in [1.807, 2.05) is 14.1 Å². The summed E-state index contributed by atoms with van der Waals surface area (Å²) in [5, 5.41) is 0. The predicted molar refractivity (Wildman–Crippen MR) is 43.7 cm³/mol. The van der Waals surface area contributed by atoms with Crippen LogP contribution in [0.15, 0.2) is 0 Å². The van der Waals surface area contributed by atoms with Crippen LogP contribution in [0.4, 0.5) is 0 Å². The molecule has 0 aromatic carbocycles. The fourth-order valence-electron chi connectivity index (χ4n) is 0.316. The Balaban J connectivity index is -0.0000000417. The van der Waals surface area contributed by atoms with Crippen LogP contribution < -0.4 is 0 Å². The summed E-state index contributed by atoms with van der Waals surface area (Å²) in [7, 11) is 4.09. The van der Waals surface area contributed by atoms with Crippen molar-refractivity contribution >= 4 is 13.5 Å². The first-order chi connectivity index (χ1) is 2.77. The summed E-state index contributed by atoms with van der Waals surface area (Å²) in [6.45, 7) is 4.78. The molecule has 0 aliphatic heterocycles. The summed E-state index contributed by atoms with van der Waals surface area (Å²) < 4.78 is 0. The first-order valence-corrected chi connectivity index (χ1v) is 2.21. The van der Waals surface area contributed by atoms with Gasteiger partial charge in [-0.05, 0) is 20.6 Å². The van der Waals surface area contributed by atoms with Gasteiger partial charge in [0, 0.05) is 16.5 Å². The molecular formula is C6H16NNiS-3. The van der Waals surface area contributed by atoms with E-state index in [4.69, 9.17) is 0 Å². The molecule has 3 heteroatoms. The first kappa shape index (κ1) is 22.6. The average molecular weight is 193 g/mol. The standard InChI is InChI=1S/C5H12N.CH3.Ni.H2S/c1-4-5-6(2)3;;;/h1,4-5H2,2-3H3;1H3;;1H2/q2*-1;;/p-1. The van der Waals surface area contributed by atoms with Gasteiger partial charge in [0.25, 0.3) is 0 Å². The van der Waals surface area contributed by atoms with E-state index < -0.39 is 0 Å². The second-order valence-electron chi connectivity index (χ2n) is 1.66. The molecule has 0 aromatic heterocycles. The molecule has 0 unspecified atom stereocenters. The second-order valence-corrected chi connectivity index (χ2v) is 1.66. The van der Waals surface area contributed by atoms with Crippen LogP contribution in [-0.4, -0.2) is 25.5 Å². The molecule has 0 saturated heterocycles.